The number of hydrogen-bond acceptors (Lipinski definition) is 4. The number of hydrogen-bond donors (Lipinski definition) is 1. The Morgan fingerprint density at radius 1 is 1.75 bits per heavy atom. The molecule has 2 rings (SSSR count). The highest BCUT2D eigenvalue weighted by Gasteiger charge is 2.24. The van der Waals surface area contributed by atoms with Crippen molar-refractivity contribution in [3.63, 3.8) is 0 Å². The monoisotopic (exact) mass is 169 g/mol. The van der Waals surface area contributed by atoms with Gasteiger partial charge in [-0.25, -0.2) is 4.79 Å². The van der Waals surface area contributed by atoms with Crippen LogP contribution in [0.1, 0.15) is 18.2 Å². The molecule has 2 heterocycles. The molecule has 1 aromatic rings. The van der Waals surface area contributed by atoms with Gasteiger partial charge >= 0.3 is 5.76 Å². The Hall–Kier alpha value is -1.10. The van der Waals surface area contributed by atoms with Crippen LogP contribution in [0.25, 0.3) is 0 Å². The van der Waals surface area contributed by atoms with E-state index in [4.69, 9.17) is 0 Å². The van der Waals surface area contributed by atoms with Crippen LogP contribution in [0.5, 0.6) is 0 Å². The van der Waals surface area contributed by atoms with Crippen molar-refractivity contribution in [2.45, 2.75) is 12.3 Å². The molecule has 0 radical (unpaired) electrons. The van der Waals surface area contributed by atoms with Gasteiger partial charge in [0, 0.05) is 12.5 Å². The molecule has 0 spiro atoms. The minimum absolute atomic E-state index is 0.335. The molecule has 1 aliphatic rings. The molecule has 0 aromatic carbocycles. The van der Waals surface area contributed by atoms with Gasteiger partial charge in [-0.05, 0) is 20.0 Å². The lowest BCUT2D eigenvalue weighted by Crippen LogP contribution is -2.14. The molecule has 5 nitrogen and oxygen atoms in total. The van der Waals surface area contributed by atoms with Gasteiger partial charge in [-0.15, -0.1) is 0 Å². The Balaban J connectivity index is 2.16. The van der Waals surface area contributed by atoms with Gasteiger partial charge in [-0.1, -0.05) is 5.16 Å². The van der Waals surface area contributed by atoms with Gasteiger partial charge in [0.2, 0.25) is 0 Å². The lowest BCUT2D eigenvalue weighted by Gasteiger charge is -2.05. The smallest absolute Gasteiger partial charge is 0.306 e. The number of rotatable bonds is 1. The van der Waals surface area contributed by atoms with E-state index in [0.717, 1.165) is 19.5 Å². The van der Waals surface area contributed by atoms with Crippen molar-refractivity contribution in [1.82, 2.24) is 15.0 Å². The summed E-state index contributed by atoms with van der Waals surface area (Å²) >= 11 is 0. The van der Waals surface area contributed by atoms with Crippen molar-refractivity contribution in [3.05, 3.63) is 16.4 Å². The molecule has 1 fully saturated rings. The summed E-state index contributed by atoms with van der Waals surface area (Å²) < 4.78 is 4.43. The summed E-state index contributed by atoms with van der Waals surface area (Å²) in [7, 11) is 2.05. The van der Waals surface area contributed by atoms with E-state index in [1.165, 1.54) is 0 Å². The molecular weight excluding hydrogens is 158 g/mol. The summed E-state index contributed by atoms with van der Waals surface area (Å²) in [6.07, 6.45) is 1.04. The molecule has 12 heavy (non-hydrogen) atoms. The molecule has 1 aliphatic heterocycles. The number of nitrogens with one attached hydrogen (secondary N) is 1. The predicted molar refractivity (Wildman–Crippen MR) is 42.0 cm³/mol. The Morgan fingerprint density at radius 3 is 3.08 bits per heavy atom. The Labute approximate surface area is 69.4 Å². The molecule has 1 N–H and O–H groups in total. The lowest BCUT2D eigenvalue weighted by atomic mass is 10.1. The minimum atomic E-state index is -0.459. The van der Waals surface area contributed by atoms with Gasteiger partial charge in [-0.3, -0.25) is 9.51 Å². The minimum Gasteiger partial charge on any atom is -0.306 e. The van der Waals surface area contributed by atoms with Gasteiger partial charge in [0.25, 0.3) is 0 Å². The molecule has 0 aliphatic carbocycles. The summed E-state index contributed by atoms with van der Waals surface area (Å²) in [4.78, 5) is 15.4. The van der Waals surface area contributed by atoms with Crippen molar-refractivity contribution < 1.29 is 4.52 Å². The SMILES string of the molecule is CN1CCC(c2noc(=O)[nH]2)C1. The third-order valence-electron chi connectivity index (χ3n) is 2.24. The largest absolute Gasteiger partial charge is 0.438 e. The molecule has 0 amide bonds. The zero-order valence-electron chi connectivity index (χ0n) is 6.91. The number of likely N-dealkylation sites (tertiary alicyclic amines) is 1. The predicted octanol–water partition coefficient (Wildman–Crippen LogP) is -0.218. The van der Waals surface area contributed by atoms with Gasteiger partial charge in [0.15, 0.2) is 5.82 Å². The van der Waals surface area contributed by atoms with Gasteiger partial charge in [-0.2, -0.15) is 0 Å². The third-order valence-corrected chi connectivity index (χ3v) is 2.24. The van der Waals surface area contributed by atoms with Gasteiger partial charge < -0.3 is 4.90 Å². The van der Waals surface area contributed by atoms with Crippen LogP contribution in [0.4, 0.5) is 0 Å². The molecule has 5 heteroatoms. The average molecular weight is 169 g/mol. The first-order chi connectivity index (χ1) is 5.75. The van der Waals surface area contributed by atoms with E-state index in [0.29, 0.717) is 11.7 Å². The van der Waals surface area contributed by atoms with E-state index in [1.54, 1.807) is 0 Å². The molecule has 1 unspecified atom stereocenters. The summed E-state index contributed by atoms with van der Waals surface area (Å²) in [5, 5.41) is 3.66. The van der Waals surface area contributed by atoms with Crippen molar-refractivity contribution in [3.8, 4) is 0 Å². The van der Waals surface area contributed by atoms with Crippen LogP contribution < -0.4 is 5.76 Å². The standard InChI is InChI=1S/C7H11N3O2/c1-10-3-2-5(4-10)6-8-7(11)12-9-6/h5H,2-4H2,1H3,(H,8,9,11). The second kappa shape index (κ2) is 2.75. The van der Waals surface area contributed by atoms with Crippen LogP contribution >= 0.6 is 0 Å². The fraction of sp³-hybridized carbons (Fsp3) is 0.714. The second-order valence-corrected chi connectivity index (χ2v) is 3.23. The number of nitrogens with zero attached hydrogens (tertiary/aromatic N) is 2. The fourth-order valence-corrected chi connectivity index (χ4v) is 1.58. The van der Waals surface area contributed by atoms with E-state index >= 15 is 0 Å². The molecule has 66 valence electrons. The summed E-state index contributed by atoms with van der Waals surface area (Å²) in [5.74, 6) is 0.561. The van der Waals surface area contributed by atoms with Crippen LogP contribution in [0.3, 0.4) is 0 Å². The van der Waals surface area contributed by atoms with Crippen molar-refractivity contribution >= 4 is 0 Å². The maximum Gasteiger partial charge on any atom is 0.438 e. The van der Waals surface area contributed by atoms with Crippen LogP contribution in [0.2, 0.25) is 0 Å². The molecule has 0 saturated carbocycles. The lowest BCUT2D eigenvalue weighted by molar-refractivity contribution is 0.373. The van der Waals surface area contributed by atoms with Crippen molar-refractivity contribution in [1.29, 1.82) is 0 Å². The Kier molecular flexibility index (Phi) is 1.73. The molecule has 1 atom stereocenters. The van der Waals surface area contributed by atoms with E-state index in [-0.39, 0.29) is 0 Å². The van der Waals surface area contributed by atoms with Crippen LogP contribution in [-0.4, -0.2) is 35.2 Å². The highest BCUT2D eigenvalue weighted by Crippen LogP contribution is 2.21. The van der Waals surface area contributed by atoms with E-state index in [2.05, 4.69) is 26.6 Å². The topological polar surface area (TPSA) is 62.1 Å². The first-order valence-corrected chi connectivity index (χ1v) is 4.00. The van der Waals surface area contributed by atoms with E-state index in [1.807, 2.05) is 0 Å². The maximum absolute atomic E-state index is 10.6. The normalized spacial score (nSPS) is 24.9. The van der Waals surface area contributed by atoms with Crippen molar-refractivity contribution in [2.75, 3.05) is 20.1 Å². The van der Waals surface area contributed by atoms with E-state index in [9.17, 15) is 4.79 Å². The van der Waals surface area contributed by atoms with Crippen LogP contribution in [0, 0.1) is 0 Å². The zero-order chi connectivity index (χ0) is 8.55. The van der Waals surface area contributed by atoms with Gasteiger partial charge in [0.1, 0.15) is 0 Å². The quantitative estimate of drug-likeness (QED) is 0.631. The first kappa shape index (κ1) is 7.54. The van der Waals surface area contributed by atoms with Gasteiger partial charge in [0.05, 0.1) is 0 Å². The molecule has 1 saturated heterocycles. The summed E-state index contributed by atoms with van der Waals surface area (Å²) in [6, 6.07) is 0. The van der Waals surface area contributed by atoms with Crippen LogP contribution in [-0.2, 0) is 0 Å². The van der Waals surface area contributed by atoms with Crippen LogP contribution in [0.15, 0.2) is 9.32 Å². The highest BCUT2D eigenvalue weighted by atomic mass is 16.5. The zero-order valence-corrected chi connectivity index (χ0v) is 6.91. The second-order valence-electron chi connectivity index (χ2n) is 3.23. The average Bonchev–Trinajstić information content (AvgIpc) is 2.58. The number of aromatic amines is 1. The van der Waals surface area contributed by atoms with E-state index < -0.39 is 5.76 Å². The maximum atomic E-state index is 10.6. The molecular formula is C7H11N3O2. The summed E-state index contributed by atoms with van der Waals surface area (Å²) in [6.45, 7) is 2.00. The Bertz CT molecular complexity index is 316. The highest BCUT2D eigenvalue weighted by molar-refractivity contribution is 4.96. The third kappa shape index (κ3) is 1.27. The molecule has 0 bridgehead atoms. The van der Waals surface area contributed by atoms with Crippen molar-refractivity contribution in [2.24, 2.45) is 0 Å². The summed E-state index contributed by atoms with van der Waals surface area (Å²) in [5.41, 5.74) is 0. The number of H-pyrrole nitrogens is 1. The molecule has 1 aromatic heterocycles. The number of aromatic nitrogens is 2. The fourth-order valence-electron chi connectivity index (χ4n) is 1.58. The Morgan fingerprint density at radius 2 is 2.58 bits per heavy atom. The number of likely N-dealkylation sites (N-methyl/N-ethyl adjacent to an activating group) is 1. The first-order valence-electron chi connectivity index (χ1n) is 4.00.